The Morgan fingerprint density at radius 3 is 2.41 bits per heavy atom. The zero-order chi connectivity index (χ0) is 21.0. The van der Waals surface area contributed by atoms with E-state index in [1.807, 2.05) is 57.2 Å². The highest BCUT2D eigenvalue weighted by molar-refractivity contribution is 6.10. The van der Waals surface area contributed by atoms with Gasteiger partial charge in [-0.1, -0.05) is 37.3 Å². The molecule has 0 saturated heterocycles. The summed E-state index contributed by atoms with van der Waals surface area (Å²) in [4.78, 5) is 12.6. The maximum Gasteiger partial charge on any atom is 0.266 e. The summed E-state index contributed by atoms with van der Waals surface area (Å²) in [7, 11) is 0. The highest BCUT2D eigenvalue weighted by atomic mass is 16.1. The minimum absolute atomic E-state index is 0.0785. The van der Waals surface area contributed by atoms with Crippen molar-refractivity contribution < 1.29 is 4.79 Å². The second kappa shape index (κ2) is 8.62. The maximum absolute atomic E-state index is 12.6. The van der Waals surface area contributed by atoms with Crippen LogP contribution in [0.3, 0.4) is 0 Å². The highest BCUT2D eigenvalue weighted by Gasteiger charge is 2.14. The fourth-order valence-corrected chi connectivity index (χ4v) is 3.42. The molecular weight excluding hydrogens is 358 g/mol. The number of hydrogen-bond acceptors (Lipinski definition) is 2. The first-order valence-corrected chi connectivity index (χ1v) is 9.71. The van der Waals surface area contributed by atoms with Crippen LogP contribution < -0.4 is 5.32 Å². The van der Waals surface area contributed by atoms with Gasteiger partial charge in [0.15, 0.2) is 0 Å². The summed E-state index contributed by atoms with van der Waals surface area (Å²) < 4.78 is 2.14. The Labute approximate surface area is 172 Å². The Bertz CT molecular complexity index is 1110. The Kier molecular flexibility index (Phi) is 5.99. The van der Waals surface area contributed by atoms with E-state index in [2.05, 4.69) is 41.1 Å². The summed E-state index contributed by atoms with van der Waals surface area (Å²) in [5.74, 6) is -0.404. The Balaban J connectivity index is 1.93. The molecule has 29 heavy (non-hydrogen) atoms. The van der Waals surface area contributed by atoms with Crippen LogP contribution in [0, 0.1) is 32.1 Å². The van der Waals surface area contributed by atoms with Crippen molar-refractivity contribution in [1.29, 1.82) is 5.26 Å². The first-order valence-electron chi connectivity index (χ1n) is 9.71. The van der Waals surface area contributed by atoms with Crippen LogP contribution in [0.5, 0.6) is 0 Å². The molecule has 0 unspecified atom stereocenters. The van der Waals surface area contributed by atoms with E-state index in [-0.39, 0.29) is 5.57 Å². The van der Waals surface area contributed by atoms with Gasteiger partial charge in [-0.05, 0) is 74.2 Å². The largest absolute Gasteiger partial charge is 0.321 e. The predicted octanol–water partition coefficient (Wildman–Crippen LogP) is 5.51. The van der Waals surface area contributed by atoms with Gasteiger partial charge >= 0.3 is 0 Å². The van der Waals surface area contributed by atoms with Gasteiger partial charge in [0.25, 0.3) is 5.91 Å². The molecule has 146 valence electrons. The molecule has 0 bridgehead atoms. The van der Waals surface area contributed by atoms with E-state index in [9.17, 15) is 10.1 Å². The van der Waals surface area contributed by atoms with Crippen LogP contribution in [0.25, 0.3) is 11.8 Å². The maximum atomic E-state index is 12.6. The molecule has 2 aromatic carbocycles. The molecule has 0 saturated carbocycles. The van der Waals surface area contributed by atoms with Gasteiger partial charge in [-0.15, -0.1) is 0 Å². The van der Waals surface area contributed by atoms with E-state index in [0.29, 0.717) is 5.69 Å². The molecule has 1 amide bonds. The molecule has 0 atom stereocenters. The zero-order valence-electron chi connectivity index (χ0n) is 17.3. The Morgan fingerprint density at radius 2 is 1.79 bits per heavy atom. The molecule has 3 aromatic rings. The second-order valence-electron chi connectivity index (χ2n) is 7.12. The van der Waals surface area contributed by atoms with Gasteiger partial charge < -0.3 is 9.88 Å². The third-order valence-electron chi connectivity index (χ3n) is 5.13. The molecule has 3 rings (SSSR count). The van der Waals surface area contributed by atoms with E-state index in [1.54, 1.807) is 6.08 Å². The molecule has 0 radical (unpaired) electrons. The lowest BCUT2D eigenvalue weighted by Gasteiger charge is -2.10. The average molecular weight is 383 g/mol. The first-order chi connectivity index (χ1) is 13.9. The number of rotatable bonds is 5. The molecule has 0 fully saturated rings. The SMILES string of the molecule is CCc1ccc(-n2c(C)cc(C=C(C#N)C(=O)Nc3ccccc3C)c2C)cc1. The standard InChI is InChI=1S/C25H25N3O/c1-5-20-10-12-23(13-11-20)28-18(3)14-21(19(28)4)15-22(16-26)25(29)27-24-9-7-6-8-17(24)2/h6-15H,5H2,1-4H3,(H,27,29). The van der Waals surface area contributed by atoms with E-state index in [4.69, 9.17) is 0 Å². The second-order valence-corrected chi connectivity index (χ2v) is 7.12. The molecule has 1 aromatic heterocycles. The predicted molar refractivity (Wildman–Crippen MR) is 118 cm³/mol. The highest BCUT2D eigenvalue weighted by Crippen LogP contribution is 2.24. The van der Waals surface area contributed by atoms with Crippen LogP contribution in [-0.2, 0) is 11.2 Å². The van der Waals surface area contributed by atoms with Crippen molar-refractivity contribution >= 4 is 17.7 Å². The molecule has 4 heteroatoms. The van der Waals surface area contributed by atoms with Crippen LogP contribution in [-0.4, -0.2) is 10.5 Å². The molecule has 0 spiro atoms. The lowest BCUT2D eigenvalue weighted by atomic mass is 10.1. The van der Waals surface area contributed by atoms with Crippen molar-refractivity contribution in [2.24, 2.45) is 0 Å². The number of anilines is 1. The molecular formula is C25H25N3O. The van der Waals surface area contributed by atoms with Crippen LogP contribution in [0.2, 0.25) is 0 Å². The topological polar surface area (TPSA) is 57.8 Å². The third kappa shape index (κ3) is 4.30. The summed E-state index contributed by atoms with van der Waals surface area (Å²) in [6, 6.07) is 20.0. The number of hydrogen-bond donors (Lipinski definition) is 1. The summed E-state index contributed by atoms with van der Waals surface area (Å²) in [5.41, 5.74) is 6.99. The van der Waals surface area contributed by atoms with E-state index >= 15 is 0 Å². The van der Waals surface area contributed by atoms with Crippen molar-refractivity contribution in [3.8, 4) is 11.8 Å². The molecule has 4 nitrogen and oxygen atoms in total. The number of benzene rings is 2. The van der Waals surface area contributed by atoms with Crippen LogP contribution in [0.4, 0.5) is 5.69 Å². The monoisotopic (exact) mass is 383 g/mol. The summed E-state index contributed by atoms with van der Waals surface area (Å²) >= 11 is 0. The number of nitrogens with one attached hydrogen (secondary N) is 1. The van der Waals surface area contributed by atoms with Gasteiger partial charge in [-0.25, -0.2) is 0 Å². The van der Waals surface area contributed by atoms with E-state index in [0.717, 1.165) is 34.6 Å². The van der Waals surface area contributed by atoms with Crippen molar-refractivity contribution in [3.63, 3.8) is 0 Å². The van der Waals surface area contributed by atoms with Crippen LogP contribution in [0.15, 0.2) is 60.2 Å². The molecule has 1 N–H and O–H groups in total. The van der Waals surface area contributed by atoms with Crippen molar-refractivity contribution in [2.75, 3.05) is 5.32 Å². The van der Waals surface area contributed by atoms with Gasteiger partial charge in [0.2, 0.25) is 0 Å². The lowest BCUT2D eigenvalue weighted by molar-refractivity contribution is -0.112. The summed E-state index contributed by atoms with van der Waals surface area (Å²) in [5, 5.41) is 12.4. The minimum Gasteiger partial charge on any atom is -0.321 e. The number of aromatic nitrogens is 1. The van der Waals surface area contributed by atoms with Gasteiger partial charge in [-0.3, -0.25) is 4.79 Å². The Hall–Kier alpha value is -3.58. The summed E-state index contributed by atoms with van der Waals surface area (Å²) in [6.07, 6.45) is 2.66. The smallest absolute Gasteiger partial charge is 0.266 e. The quantitative estimate of drug-likeness (QED) is 0.466. The number of nitriles is 1. The molecule has 0 aliphatic carbocycles. The third-order valence-corrected chi connectivity index (χ3v) is 5.13. The van der Waals surface area contributed by atoms with Crippen LogP contribution in [0.1, 0.15) is 35.0 Å². The number of para-hydroxylation sites is 1. The fraction of sp³-hybridized carbons (Fsp3) is 0.200. The van der Waals surface area contributed by atoms with Gasteiger partial charge in [0.05, 0.1) is 0 Å². The Morgan fingerprint density at radius 1 is 1.10 bits per heavy atom. The number of nitrogens with zero attached hydrogens (tertiary/aromatic N) is 2. The number of amides is 1. The number of aryl methyl sites for hydroxylation is 3. The zero-order valence-corrected chi connectivity index (χ0v) is 17.3. The van der Waals surface area contributed by atoms with Crippen molar-refractivity contribution in [2.45, 2.75) is 34.1 Å². The van der Waals surface area contributed by atoms with Gasteiger partial charge in [0.1, 0.15) is 11.6 Å². The van der Waals surface area contributed by atoms with Crippen LogP contribution >= 0.6 is 0 Å². The van der Waals surface area contributed by atoms with E-state index < -0.39 is 5.91 Å². The van der Waals surface area contributed by atoms with Crippen molar-refractivity contribution in [1.82, 2.24) is 4.57 Å². The van der Waals surface area contributed by atoms with Crippen molar-refractivity contribution in [3.05, 3.63) is 88.2 Å². The van der Waals surface area contributed by atoms with Gasteiger partial charge in [-0.2, -0.15) is 5.26 Å². The minimum atomic E-state index is -0.404. The number of carbonyl (C=O) groups excluding carboxylic acids is 1. The van der Waals surface area contributed by atoms with Gasteiger partial charge in [0, 0.05) is 22.8 Å². The molecule has 0 aliphatic rings. The molecule has 1 heterocycles. The fourth-order valence-electron chi connectivity index (χ4n) is 3.42. The first kappa shape index (κ1) is 20.2. The lowest BCUT2D eigenvalue weighted by Crippen LogP contribution is -2.14. The normalized spacial score (nSPS) is 11.2. The summed E-state index contributed by atoms with van der Waals surface area (Å²) in [6.45, 7) is 8.08. The van der Waals surface area contributed by atoms with E-state index in [1.165, 1.54) is 5.56 Å². The average Bonchev–Trinajstić information content (AvgIpc) is 3.00. The molecule has 0 aliphatic heterocycles. The number of carbonyl (C=O) groups is 1.